The Labute approximate surface area is 150 Å². The van der Waals surface area contributed by atoms with E-state index in [-0.39, 0.29) is 5.69 Å². The van der Waals surface area contributed by atoms with Gasteiger partial charge in [-0.25, -0.2) is 4.98 Å². The number of non-ortho nitro benzene ring substituents is 1. The van der Waals surface area contributed by atoms with Crippen molar-refractivity contribution in [2.45, 2.75) is 0 Å². The summed E-state index contributed by atoms with van der Waals surface area (Å²) in [7, 11) is 0. The number of hydrogen-bond donors (Lipinski definition) is 1. The number of nitro groups is 1. The molecule has 5 heteroatoms. The molecule has 0 aliphatic rings. The van der Waals surface area contributed by atoms with Gasteiger partial charge in [0.1, 0.15) is 5.82 Å². The van der Waals surface area contributed by atoms with Crippen molar-refractivity contribution in [3.05, 3.63) is 95.0 Å². The highest BCUT2D eigenvalue weighted by Crippen LogP contribution is 2.33. The molecule has 1 aromatic heterocycles. The van der Waals surface area contributed by atoms with Gasteiger partial charge in [-0.15, -0.1) is 0 Å². The van der Waals surface area contributed by atoms with Crippen LogP contribution in [0.1, 0.15) is 0 Å². The van der Waals surface area contributed by atoms with Crippen LogP contribution in [-0.2, 0) is 0 Å². The summed E-state index contributed by atoms with van der Waals surface area (Å²) in [6, 6.07) is 26.3. The van der Waals surface area contributed by atoms with E-state index in [1.54, 1.807) is 12.1 Å². The summed E-state index contributed by atoms with van der Waals surface area (Å²) in [6.45, 7) is 0. The van der Waals surface area contributed by atoms with E-state index in [0.717, 1.165) is 33.9 Å². The zero-order chi connectivity index (χ0) is 17.9. The van der Waals surface area contributed by atoms with Crippen LogP contribution in [0.15, 0.2) is 84.9 Å². The molecule has 1 heterocycles. The first kappa shape index (κ1) is 15.8. The summed E-state index contributed by atoms with van der Waals surface area (Å²) in [6.07, 6.45) is 0. The van der Waals surface area contributed by atoms with Crippen molar-refractivity contribution in [3.63, 3.8) is 0 Å². The number of H-pyrrole nitrogens is 1. The van der Waals surface area contributed by atoms with Crippen LogP contribution in [-0.4, -0.2) is 14.9 Å². The van der Waals surface area contributed by atoms with Crippen molar-refractivity contribution in [3.8, 4) is 33.9 Å². The molecular weight excluding hydrogens is 326 g/mol. The molecule has 5 nitrogen and oxygen atoms in total. The molecule has 26 heavy (non-hydrogen) atoms. The molecule has 0 saturated carbocycles. The highest BCUT2D eigenvalue weighted by Gasteiger charge is 2.16. The van der Waals surface area contributed by atoms with Gasteiger partial charge in [-0.1, -0.05) is 60.7 Å². The van der Waals surface area contributed by atoms with Crippen molar-refractivity contribution < 1.29 is 4.92 Å². The van der Waals surface area contributed by atoms with Crippen molar-refractivity contribution >= 4 is 5.69 Å². The smallest absolute Gasteiger partial charge is 0.269 e. The number of aromatic amines is 1. The molecule has 0 saturated heterocycles. The van der Waals surface area contributed by atoms with E-state index in [2.05, 4.69) is 4.98 Å². The van der Waals surface area contributed by atoms with Crippen LogP contribution in [0.25, 0.3) is 33.9 Å². The minimum Gasteiger partial charge on any atom is -0.337 e. The molecule has 0 bridgehead atoms. The Bertz CT molecular complexity index is 1040. The number of rotatable bonds is 4. The highest BCUT2D eigenvalue weighted by molar-refractivity contribution is 5.81. The Kier molecular flexibility index (Phi) is 4.03. The molecule has 0 unspecified atom stereocenters. The van der Waals surface area contributed by atoms with Crippen LogP contribution < -0.4 is 0 Å². The van der Waals surface area contributed by atoms with Gasteiger partial charge in [0, 0.05) is 28.8 Å². The molecule has 126 valence electrons. The summed E-state index contributed by atoms with van der Waals surface area (Å²) in [4.78, 5) is 18.7. The van der Waals surface area contributed by atoms with E-state index in [1.165, 1.54) is 12.1 Å². The molecule has 0 fully saturated rings. The predicted octanol–water partition coefficient (Wildman–Crippen LogP) is 5.32. The fourth-order valence-electron chi connectivity index (χ4n) is 2.87. The Morgan fingerprint density at radius 2 is 1.31 bits per heavy atom. The maximum atomic E-state index is 10.9. The average molecular weight is 341 g/mol. The second kappa shape index (κ2) is 6.64. The second-order valence-corrected chi connectivity index (χ2v) is 5.85. The third kappa shape index (κ3) is 2.98. The Morgan fingerprint density at radius 3 is 1.88 bits per heavy atom. The minimum atomic E-state index is -0.399. The quantitative estimate of drug-likeness (QED) is 0.403. The molecule has 0 aliphatic carbocycles. The van der Waals surface area contributed by atoms with Gasteiger partial charge in [-0.2, -0.15) is 0 Å². The van der Waals surface area contributed by atoms with Gasteiger partial charge in [0.15, 0.2) is 0 Å². The minimum absolute atomic E-state index is 0.0674. The fourth-order valence-corrected chi connectivity index (χ4v) is 2.87. The second-order valence-electron chi connectivity index (χ2n) is 5.85. The molecule has 0 radical (unpaired) electrons. The van der Waals surface area contributed by atoms with E-state index in [9.17, 15) is 10.1 Å². The Hall–Kier alpha value is -3.73. The van der Waals surface area contributed by atoms with Crippen LogP contribution in [0.2, 0.25) is 0 Å². The van der Waals surface area contributed by atoms with Crippen molar-refractivity contribution in [2.75, 3.05) is 0 Å². The third-order valence-electron chi connectivity index (χ3n) is 4.17. The molecule has 0 aliphatic heterocycles. The van der Waals surface area contributed by atoms with Gasteiger partial charge in [-0.05, 0) is 12.1 Å². The number of nitro benzene ring substituents is 1. The molecule has 4 rings (SSSR count). The summed E-state index contributed by atoms with van der Waals surface area (Å²) in [5.74, 6) is 0.762. The van der Waals surface area contributed by atoms with E-state index in [0.29, 0.717) is 0 Å². The monoisotopic (exact) mass is 341 g/mol. The molecule has 0 amide bonds. The Morgan fingerprint density at radius 1 is 0.731 bits per heavy atom. The molecule has 0 atom stereocenters. The molecule has 3 aromatic carbocycles. The van der Waals surface area contributed by atoms with E-state index < -0.39 is 4.92 Å². The van der Waals surface area contributed by atoms with Crippen molar-refractivity contribution in [1.82, 2.24) is 9.97 Å². The number of benzene rings is 3. The van der Waals surface area contributed by atoms with Crippen LogP contribution in [0, 0.1) is 10.1 Å². The van der Waals surface area contributed by atoms with E-state index >= 15 is 0 Å². The van der Waals surface area contributed by atoms with Crippen molar-refractivity contribution in [2.24, 2.45) is 0 Å². The zero-order valence-electron chi connectivity index (χ0n) is 13.8. The average Bonchev–Trinajstić information content (AvgIpc) is 3.15. The fraction of sp³-hybridized carbons (Fsp3) is 0. The lowest BCUT2D eigenvalue weighted by atomic mass is 10.0. The largest absolute Gasteiger partial charge is 0.337 e. The Balaban J connectivity index is 1.87. The predicted molar refractivity (Wildman–Crippen MR) is 102 cm³/mol. The summed E-state index contributed by atoms with van der Waals surface area (Å²) < 4.78 is 0. The lowest BCUT2D eigenvalue weighted by molar-refractivity contribution is -0.384. The summed E-state index contributed by atoms with van der Waals surface area (Å²) >= 11 is 0. The van der Waals surface area contributed by atoms with Gasteiger partial charge in [0.05, 0.1) is 16.3 Å². The highest BCUT2D eigenvalue weighted by atomic mass is 16.6. The molecule has 4 aromatic rings. The number of hydrogen-bond acceptors (Lipinski definition) is 3. The maximum Gasteiger partial charge on any atom is 0.269 e. The maximum absolute atomic E-state index is 10.9. The lowest BCUT2D eigenvalue weighted by Gasteiger charge is -2.03. The molecular formula is C21H15N3O2. The first-order chi connectivity index (χ1) is 12.7. The normalized spacial score (nSPS) is 10.6. The third-order valence-corrected chi connectivity index (χ3v) is 4.17. The standard InChI is InChI=1S/C21H15N3O2/c25-24(26)18-13-11-16(12-14-18)20-19(15-7-3-1-4-8-15)22-21(23-20)17-9-5-2-6-10-17/h1-14H,(H,22,23). The number of imidazole rings is 1. The van der Waals surface area contributed by atoms with E-state index in [1.807, 2.05) is 60.7 Å². The van der Waals surface area contributed by atoms with Gasteiger partial charge in [0.2, 0.25) is 0 Å². The topological polar surface area (TPSA) is 71.8 Å². The van der Waals surface area contributed by atoms with Gasteiger partial charge in [-0.3, -0.25) is 10.1 Å². The number of aromatic nitrogens is 2. The van der Waals surface area contributed by atoms with Crippen LogP contribution >= 0.6 is 0 Å². The first-order valence-electron chi connectivity index (χ1n) is 8.18. The van der Waals surface area contributed by atoms with Gasteiger partial charge < -0.3 is 4.98 Å². The number of nitrogens with one attached hydrogen (secondary N) is 1. The zero-order valence-corrected chi connectivity index (χ0v) is 13.8. The van der Waals surface area contributed by atoms with Crippen molar-refractivity contribution in [1.29, 1.82) is 0 Å². The number of nitrogens with zero attached hydrogens (tertiary/aromatic N) is 2. The van der Waals surface area contributed by atoms with E-state index in [4.69, 9.17) is 4.98 Å². The van der Waals surface area contributed by atoms with Crippen LogP contribution in [0.3, 0.4) is 0 Å². The SMILES string of the molecule is O=[N+]([O-])c1ccc(-c2[nH]c(-c3ccccc3)nc2-c2ccccc2)cc1. The molecule has 0 spiro atoms. The lowest BCUT2D eigenvalue weighted by Crippen LogP contribution is -1.88. The van der Waals surface area contributed by atoms with Gasteiger partial charge >= 0.3 is 0 Å². The molecule has 1 N–H and O–H groups in total. The van der Waals surface area contributed by atoms with Crippen LogP contribution in [0.4, 0.5) is 5.69 Å². The van der Waals surface area contributed by atoms with Gasteiger partial charge in [0.25, 0.3) is 5.69 Å². The first-order valence-corrected chi connectivity index (χ1v) is 8.18. The summed E-state index contributed by atoms with van der Waals surface area (Å²) in [5, 5.41) is 10.9. The summed E-state index contributed by atoms with van der Waals surface area (Å²) in [5.41, 5.74) is 4.54. The van der Waals surface area contributed by atoms with Crippen LogP contribution in [0.5, 0.6) is 0 Å².